The molecule has 0 radical (unpaired) electrons. The minimum atomic E-state index is -4.37. The van der Waals surface area contributed by atoms with E-state index < -0.39 is 16.7 Å². The van der Waals surface area contributed by atoms with Crippen LogP contribution >= 0.6 is 0 Å². The molecule has 1 aromatic heterocycles. The first kappa shape index (κ1) is 22.4. The molecule has 0 atom stereocenters. The Labute approximate surface area is 186 Å². The molecule has 33 heavy (non-hydrogen) atoms. The number of nitro benzene ring substituents is 1. The third-order valence-corrected chi connectivity index (χ3v) is 5.43. The Morgan fingerprint density at radius 3 is 2.33 bits per heavy atom. The summed E-state index contributed by atoms with van der Waals surface area (Å²) in [5.74, 6) is -0.322. The van der Waals surface area contributed by atoms with E-state index in [4.69, 9.17) is 0 Å². The number of hydrogen-bond acceptors (Lipinski definition) is 6. The molecule has 2 heterocycles. The maximum Gasteiger partial charge on any atom is 0.416 e. The zero-order chi connectivity index (χ0) is 23.6. The lowest BCUT2D eigenvalue weighted by atomic mass is 10.1. The van der Waals surface area contributed by atoms with Crippen LogP contribution in [0.15, 0.2) is 55.1 Å². The Bertz CT molecular complexity index is 1140. The lowest BCUT2D eigenvalue weighted by molar-refractivity contribution is -0.384. The molecule has 0 spiro atoms. The summed E-state index contributed by atoms with van der Waals surface area (Å²) in [5.41, 5.74) is 0.206. The summed E-state index contributed by atoms with van der Waals surface area (Å²) in [6.07, 6.45) is -1.78. The number of hydrogen-bond donors (Lipinski definition) is 0. The molecule has 1 fully saturated rings. The van der Waals surface area contributed by atoms with Crippen LogP contribution in [0, 0.1) is 10.1 Å². The van der Waals surface area contributed by atoms with E-state index in [0.29, 0.717) is 32.7 Å². The number of aromatic nitrogens is 3. The van der Waals surface area contributed by atoms with Crippen LogP contribution in [0.25, 0.3) is 5.69 Å². The van der Waals surface area contributed by atoms with Crippen molar-refractivity contribution in [1.29, 1.82) is 0 Å². The third-order valence-electron chi connectivity index (χ3n) is 5.43. The zero-order valence-corrected chi connectivity index (χ0v) is 17.3. The number of halogens is 3. The number of carbonyl (C=O) groups excluding carboxylic acids is 1. The highest BCUT2D eigenvalue weighted by molar-refractivity contribution is 5.95. The summed E-state index contributed by atoms with van der Waals surface area (Å²) >= 11 is 0. The second-order valence-corrected chi connectivity index (χ2v) is 7.56. The summed E-state index contributed by atoms with van der Waals surface area (Å²) in [7, 11) is 0. The normalized spacial score (nSPS) is 14.9. The number of nitrogens with zero attached hydrogens (tertiary/aromatic N) is 6. The van der Waals surface area contributed by atoms with Gasteiger partial charge < -0.3 is 4.90 Å². The number of rotatable bonds is 5. The van der Waals surface area contributed by atoms with E-state index in [1.54, 1.807) is 4.90 Å². The number of carbonyl (C=O) groups is 1. The van der Waals surface area contributed by atoms with Crippen LogP contribution < -0.4 is 0 Å². The maximum absolute atomic E-state index is 12.9. The average Bonchev–Trinajstić information content (AvgIpc) is 3.33. The van der Waals surface area contributed by atoms with E-state index in [1.165, 1.54) is 47.7 Å². The highest BCUT2D eigenvalue weighted by Crippen LogP contribution is 2.29. The molecular formula is C21H19F3N6O3. The van der Waals surface area contributed by atoms with Gasteiger partial charge in [0.15, 0.2) is 0 Å². The van der Waals surface area contributed by atoms with Gasteiger partial charge in [-0.1, -0.05) is 12.1 Å². The standard InChI is InChI=1S/C21H19F3N6O3/c22-21(23,24)17-4-1-15(2-5-17)12-27-7-9-28(10-8-27)20(31)16-3-6-18(19(11-16)30(32)33)29-14-25-13-26-29/h1-6,11,13-14H,7-10,12H2. The Balaban J connectivity index is 1.39. The lowest BCUT2D eigenvalue weighted by Gasteiger charge is -2.34. The van der Waals surface area contributed by atoms with Gasteiger partial charge in [-0.15, -0.1) is 0 Å². The second kappa shape index (κ2) is 8.98. The molecule has 4 rings (SSSR count). The van der Waals surface area contributed by atoms with Gasteiger partial charge in [-0.05, 0) is 29.8 Å². The van der Waals surface area contributed by atoms with Crippen molar-refractivity contribution in [2.45, 2.75) is 12.7 Å². The molecule has 0 saturated carbocycles. The van der Waals surface area contributed by atoms with E-state index in [2.05, 4.69) is 10.1 Å². The number of nitro groups is 1. The number of amides is 1. The highest BCUT2D eigenvalue weighted by atomic mass is 19.4. The molecule has 9 nitrogen and oxygen atoms in total. The monoisotopic (exact) mass is 460 g/mol. The van der Waals surface area contributed by atoms with Crippen molar-refractivity contribution in [2.75, 3.05) is 26.2 Å². The zero-order valence-electron chi connectivity index (χ0n) is 17.3. The Morgan fingerprint density at radius 1 is 1.06 bits per heavy atom. The molecule has 1 saturated heterocycles. The predicted octanol–water partition coefficient (Wildman–Crippen LogP) is 3.15. The second-order valence-electron chi connectivity index (χ2n) is 7.56. The fraction of sp³-hybridized carbons (Fsp3) is 0.286. The summed E-state index contributed by atoms with van der Waals surface area (Å²) in [6, 6.07) is 9.23. The van der Waals surface area contributed by atoms with Crippen molar-refractivity contribution in [3.05, 3.63) is 81.9 Å². The van der Waals surface area contributed by atoms with Crippen LogP contribution in [0.4, 0.5) is 18.9 Å². The minimum Gasteiger partial charge on any atom is -0.336 e. The predicted molar refractivity (Wildman–Crippen MR) is 111 cm³/mol. The summed E-state index contributed by atoms with van der Waals surface area (Å²) in [4.78, 5) is 31.3. The fourth-order valence-electron chi connectivity index (χ4n) is 3.68. The first-order valence-corrected chi connectivity index (χ1v) is 10.0. The molecule has 12 heteroatoms. The van der Waals surface area contributed by atoms with E-state index >= 15 is 0 Å². The van der Waals surface area contributed by atoms with Crippen LogP contribution in [-0.4, -0.2) is 61.6 Å². The molecule has 0 aliphatic carbocycles. The van der Waals surface area contributed by atoms with Gasteiger partial charge in [0.05, 0.1) is 10.5 Å². The Morgan fingerprint density at radius 2 is 1.76 bits per heavy atom. The van der Waals surface area contributed by atoms with Gasteiger partial charge in [-0.3, -0.25) is 19.8 Å². The molecule has 1 aliphatic heterocycles. The minimum absolute atomic E-state index is 0.196. The molecular weight excluding hydrogens is 441 g/mol. The van der Waals surface area contributed by atoms with Gasteiger partial charge in [-0.2, -0.15) is 18.3 Å². The van der Waals surface area contributed by atoms with Crippen molar-refractivity contribution in [3.8, 4) is 5.69 Å². The van der Waals surface area contributed by atoms with E-state index in [-0.39, 0.29) is 22.8 Å². The van der Waals surface area contributed by atoms with Crippen molar-refractivity contribution in [2.24, 2.45) is 0 Å². The molecule has 0 bridgehead atoms. The van der Waals surface area contributed by atoms with Crippen molar-refractivity contribution >= 4 is 11.6 Å². The summed E-state index contributed by atoms with van der Waals surface area (Å²) in [5, 5.41) is 15.4. The summed E-state index contributed by atoms with van der Waals surface area (Å²) in [6.45, 7) is 2.34. The van der Waals surface area contributed by atoms with Gasteiger partial charge in [0.25, 0.3) is 11.6 Å². The highest BCUT2D eigenvalue weighted by Gasteiger charge is 2.30. The van der Waals surface area contributed by atoms with Crippen LogP contribution in [0.5, 0.6) is 0 Å². The molecule has 3 aromatic rings. The van der Waals surface area contributed by atoms with Crippen LogP contribution in [-0.2, 0) is 12.7 Å². The lowest BCUT2D eigenvalue weighted by Crippen LogP contribution is -2.48. The molecule has 0 unspecified atom stereocenters. The first-order valence-electron chi connectivity index (χ1n) is 10.0. The topological polar surface area (TPSA) is 97.4 Å². The third kappa shape index (κ3) is 5.00. The van der Waals surface area contributed by atoms with Crippen LogP contribution in [0.3, 0.4) is 0 Å². The maximum atomic E-state index is 12.9. The molecule has 0 N–H and O–H groups in total. The number of alkyl halides is 3. The average molecular weight is 460 g/mol. The van der Waals surface area contributed by atoms with Crippen molar-refractivity contribution in [1.82, 2.24) is 24.6 Å². The molecule has 2 aromatic carbocycles. The van der Waals surface area contributed by atoms with E-state index in [0.717, 1.165) is 17.7 Å². The van der Waals surface area contributed by atoms with Gasteiger partial charge in [0, 0.05) is 44.4 Å². The molecule has 1 aliphatic rings. The molecule has 1 amide bonds. The number of piperazine rings is 1. The largest absolute Gasteiger partial charge is 0.416 e. The van der Waals surface area contributed by atoms with Crippen molar-refractivity contribution < 1.29 is 22.9 Å². The summed E-state index contributed by atoms with van der Waals surface area (Å²) < 4.78 is 39.4. The SMILES string of the molecule is O=C(c1ccc(-n2cncn2)c([N+](=O)[O-])c1)N1CCN(Cc2ccc(C(F)(F)F)cc2)CC1. The van der Waals surface area contributed by atoms with Gasteiger partial charge in [0.1, 0.15) is 18.3 Å². The van der Waals surface area contributed by atoms with Crippen LogP contribution in [0.2, 0.25) is 0 Å². The Hall–Kier alpha value is -3.80. The van der Waals surface area contributed by atoms with Crippen molar-refractivity contribution in [3.63, 3.8) is 0 Å². The quantitative estimate of drug-likeness (QED) is 0.429. The number of benzene rings is 2. The van der Waals surface area contributed by atoms with Crippen LogP contribution in [0.1, 0.15) is 21.5 Å². The molecule has 172 valence electrons. The first-order chi connectivity index (χ1) is 15.7. The van der Waals surface area contributed by atoms with E-state index in [1.807, 2.05) is 4.90 Å². The van der Waals surface area contributed by atoms with Gasteiger partial charge in [-0.25, -0.2) is 9.67 Å². The fourth-order valence-corrected chi connectivity index (χ4v) is 3.68. The van der Waals surface area contributed by atoms with Gasteiger partial charge in [0.2, 0.25) is 0 Å². The smallest absolute Gasteiger partial charge is 0.336 e. The van der Waals surface area contributed by atoms with E-state index in [9.17, 15) is 28.1 Å². The van der Waals surface area contributed by atoms with Gasteiger partial charge >= 0.3 is 6.18 Å². The Kier molecular flexibility index (Phi) is 6.09.